The van der Waals surface area contributed by atoms with Crippen molar-refractivity contribution >= 4 is 16.7 Å². The van der Waals surface area contributed by atoms with Gasteiger partial charge in [0.2, 0.25) is 5.91 Å². The molecule has 2 aliphatic rings. The molecule has 2 N–H and O–H groups in total. The lowest BCUT2D eigenvalue weighted by Crippen LogP contribution is -2.59. The molecule has 0 aromatic rings. The average Bonchev–Trinajstić information content (AvgIpc) is 2.29. The number of nitrogens with two attached hydrogens (primary N) is 1. The van der Waals surface area contributed by atoms with Crippen molar-refractivity contribution < 1.29 is 9.00 Å². The summed E-state index contributed by atoms with van der Waals surface area (Å²) in [6.45, 7) is 3.39. The Bertz CT molecular complexity index is 324. The van der Waals surface area contributed by atoms with Crippen LogP contribution in [0, 0.1) is 5.92 Å². The highest BCUT2D eigenvalue weighted by Crippen LogP contribution is 2.32. The highest BCUT2D eigenvalue weighted by atomic mass is 32.2. The van der Waals surface area contributed by atoms with Crippen LogP contribution in [-0.2, 0) is 15.6 Å². The molecule has 1 amide bonds. The zero-order chi connectivity index (χ0) is 12.5. The minimum atomic E-state index is -0.738. The van der Waals surface area contributed by atoms with Gasteiger partial charge >= 0.3 is 0 Å². The van der Waals surface area contributed by atoms with Crippen molar-refractivity contribution in [3.05, 3.63) is 0 Å². The van der Waals surface area contributed by atoms with E-state index in [0.29, 0.717) is 30.5 Å². The third-order valence-corrected chi connectivity index (χ3v) is 5.20. The average molecular weight is 258 g/mol. The van der Waals surface area contributed by atoms with Crippen molar-refractivity contribution in [3.8, 4) is 0 Å². The first-order valence-electron chi connectivity index (χ1n) is 6.44. The Morgan fingerprint density at radius 2 is 2.06 bits per heavy atom. The number of carbonyl (C=O) groups is 1. The Labute approximate surface area is 105 Å². The van der Waals surface area contributed by atoms with E-state index in [1.165, 1.54) is 6.42 Å². The summed E-state index contributed by atoms with van der Waals surface area (Å²) in [5.41, 5.74) is 5.64. The van der Waals surface area contributed by atoms with Crippen molar-refractivity contribution in [3.63, 3.8) is 0 Å². The molecule has 0 aromatic heterocycles. The summed E-state index contributed by atoms with van der Waals surface area (Å²) in [5, 5.41) is 0. The molecule has 17 heavy (non-hydrogen) atoms. The van der Waals surface area contributed by atoms with Gasteiger partial charge in [-0.05, 0) is 18.8 Å². The van der Waals surface area contributed by atoms with Gasteiger partial charge in [0.15, 0.2) is 0 Å². The van der Waals surface area contributed by atoms with Crippen LogP contribution in [0.25, 0.3) is 0 Å². The number of hydrogen-bond acceptors (Lipinski definition) is 3. The SMILES string of the molecule is CC1CCCC(N)(C(=O)N2CCS(=O)CC2)C1. The van der Waals surface area contributed by atoms with Crippen LogP contribution in [-0.4, -0.2) is 45.2 Å². The van der Waals surface area contributed by atoms with Gasteiger partial charge in [-0.15, -0.1) is 0 Å². The van der Waals surface area contributed by atoms with Crippen LogP contribution >= 0.6 is 0 Å². The predicted octanol–water partition coefficient (Wildman–Crippen LogP) is 0.485. The Morgan fingerprint density at radius 1 is 1.41 bits per heavy atom. The molecule has 4 nitrogen and oxygen atoms in total. The minimum absolute atomic E-state index is 0.0840. The molecule has 2 fully saturated rings. The molecule has 5 heteroatoms. The molecule has 2 rings (SSSR count). The molecule has 98 valence electrons. The van der Waals surface area contributed by atoms with Crippen molar-refractivity contribution in [1.29, 1.82) is 0 Å². The first-order valence-corrected chi connectivity index (χ1v) is 7.93. The molecule has 1 saturated heterocycles. The topological polar surface area (TPSA) is 63.4 Å². The van der Waals surface area contributed by atoms with E-state index in [2.05, 4.69) is 6.92 Å². The second-order valence-corrected chi connectivity index (χ2v) is 7.19. The summed E-state index contributed by atoms with van der Waals surface area (Å²) < 4.78 is 11.3. The summed E-state index contributed by atoms with van der Waals surface area (Å²) in [7, 11) is -0.738. The number of carbonyl (C=O) groups excluding carboxylic acids is 1. The van der Waals surface area contributed by atoms with Crippen molar-refractivity contribution in [2.45, 2.75) is 38.1 Å². The molecule has 2 atom stereocenters. The van der Waals surface area contributed by atoms with E-state index in [0.717, 1.165) is 19.3 Å². The Kier molecular flexibility index (Phi) is 3.88. The van der Waals surface area contributed by atoms with E-state index in [1.54, 1.807) is 0 Å². The van der Waals surface area contributed by atoms with Gasteiger partial charge in [-0.1, -0.05) is 19.8 Å². The Hall–Kier alpha value is -0.420. The number of hydrogen-bond donors (Lipinski definition) is 1. The molecule has 1 heterocycles. The number of nitrogens with zero attached hydrogens (tertiary/aromatic N) is 1. The highest BCUT2D eigenvalue weighted by Gasteiger charge is 2.41. The second-order valence-electron chi connectivity index (χ2n) is 5.50. The first-order chi connectivity index (χ1) is 8.01. The zero-order valence-electron chi connectivity index (χ0n) is 10.5. The molecule has 0 radical (unpaired) electrons. The maximum absolute atomic E-state index is 12.4. The maximum atomic E-state index is 12.4. The van der Waals surface area contributed by atoms with Crippen LogP contribution in [0.4, 0.5) is 0 Å². The van der Waals surface area contributed by atoms with Crippen molar-refractivity contribution in [1.82, 2.24) is 4.90 Å². The van der Waals surface area contributed by atoms with E-state index in [1.807, 2.05) is 4.90 Å². The van der Waals surface area contributed by atoms with Gasteiger partial charge in [-0.25, -0.2) is 0 Å². The normalized spacial score (nSPS) is 35.9. The van der Waals surface area contributed by atoms with E-state index in [-0.39, 0.29) is 5.91 Å². The third kappa shape index (κ3) is 2.88. The molecule has 1 saturated carbocycles. The van der Waals surface area contributed by atoms with Crippen LogP contribution in [0.5, 0.6) is 0 Å². The fourth-order valence-corrected chi connectivity index (χ4v) is 3.99. The Balaban J connectivity index is 2.00. The van der Waals surface area contributed by atoms with E-state index < -0.39 is 16.3 Å². The number of rotatable bonds is 1. The smallest absolute Gasteiger partial charge is 0.242 e. The molecule has 0 spiro atoms. The van der Waals surface area contributed by atoms with Gasteiger partial charge in [0, 0.05) is 35.4 Å². The molecular formula is C12H22N2O2S. The first kappa shape index (κ1) is 13.0. The van der Waals surface area contributed by atoms with Crippen LogP contribution in [0.1, 0.15) is 32.6 Å². The lowest BCUT2D eigenvalue weighted by atomic mass is 9.76. The van der Waals surface area contributed by atoms with Crippen LogP contribution in [0.15, 0.2) is 0 Å². The van der Waals surface area contributed by atoms with E-state index in [4.69, 9.17) is 5.73 Å². The standard InChI is InChI=1S/C12H22N2O2S/c1-10-3-2-4-12(13,9-10)11(15)14-5-7-17(16)8-6-14/h10H,2-9,13H2,1H3. The molecular weight excluding hydrogens is 236 g/mol. The summed E-state index contributed by atoms with van der Waals surface area (Å²) in [5.74, 6) is 1.84. The molecule has 0 aromatic carbocycles. The summed E-state index contributed by atoms with van der Waals surface area (Å²) >= 11 is 0. The molecule has 2 unspecified atom stereocenters. The van der Waals surface area contributed by atoms with E-state index in [9.17, 15) is 9.00 Å². The van der Waals surface area contributed by atoms with Gasteiger partial charge in [-0.2, -0.15) is 0 Å². The largest absolute Gasteiger partial charge is 0.339 e. The lowest BCUT2D eigenvalue weighted by Gasteiger charge is -2.40. The third-order valence-electron chi connectivity index (χ3n) is 3.92. The quantitative estimate of drug-likeness (QED) is 0.744. The fraction of sp³-hybridized carbons (Fsp3) is 0.917. The summed E-state index contributed by atoms with van der Waals surface area (Å²) in [6.07, 6.45) is 3.82. The van der Waals surface area contributed by atoms with Crippen LogP contribution < -0.4 is 5.73 Å². The predicted molar refractivity (Wildman–Crippen MR) is 69.0 cm³/mol. The van der Waals surface area contributed by atoms with Gasteiger partial charge < -0.3 is 10.6 Å². The van der Waals surface area contributed by atoms with Gasteiger partial charge in [-0.3, -0.25) is 9.00 Å². The molecule has 0 bridgehead atoms. The minimum Gasteiger partial charge on any atom is -0.339 e. The van der Waals surface area contributed by atoms with Gasteiger partial charge in [0.05, 0.1) is 5.54 Å². The molecule has 1 aliphatic heterocycles. The maximum Gasteiger partial charge on any atom is 0.242 e. The second kappa shape index (κ2) is 5.06. The van der Waals surface area contributed by atoms with Crippen molar-refractivity contribution in [2.75, 3.05) is 24.6 Å². The lowest BCUT2D eigenvalue weighted by molar-refractivity contribution is -0.138. The van der Waals surface area contributed by atoms with Gasteiger partial charge in [0.25, 0.3) is 0 Å². The Morgan fingerprint density at radius 3 is 2.65 bits per heavy atom. The summed E-state index contributed by atoms with van der Waals surface area (Å²) in [4.78, 5) is 14.2. The van der Waals surface area contributed by atoms with Gasteiger partial charge in [0.1, 0.15) is 0 Å². The van der Waals surface area contributed by atoms with E-state index >= 15 is 0 Å². The monoisotopic (exact) mass is 258 g/mol. The zero-order valence-corrected chi connectivity index (χ0v) is 11.3. The van der Waals surface area contributed by atoms with Crippen LogP contribution in [0.3, 0.4) is 0 Å². The fourth-order valence-electron chi connectivity index (χ4n) is 2.94. The van der Waals surface area contributed by atoms with Crippen LogP contribution in [0.2, 0.25) is 0 Å². The molecule has 1 aliphatic carbocycles. The number of amides is 1. The van der Waals surface area contributed by atoms with Crippen molar-refractivity contribution in [2.24, 2.45) is 11.7 Å². The highest BCUT2D eigenvalue weighted by molar-refractivity contribution is 7.85. The summed E-state index contributed by atoms with van der Waals surface area (Å²) in [6, 6.07) is 0.